The Morgan fingerprint density at radius 1 is 0.450 bits per heavy atom. The molecule has 20 heavy (non-hydrogen) atoms. The molecule has 0 heterocycles. The summed E-state index contributed by atoms with van der Waals surface area (Å²) in [5.74, 6) is 0. The molecular formula is C20H16. The van der Waals surface area contributed by atoms with Crippen molar-refractivity contribution in [2.75, 3.05) is 0 Å². The number of benzene rings is 4. The van der Waals surface area contributed by atoms with E-state index in [1.165, 1.54) is 43.4 Å². The molecule has 0 saturated carbocycles. The van der Waals surface area contributed by atoms with Crippen LogP contribution in [0.3, 0.4) is 0 Å². The van der Waals surface area contributed by atoms with Gasteiger partial charge >= 0.3 is 0 Å². The highest BCUT2D eigenvalue weighted by atomic mass is 14.1. The summed E-state index contributed by atoms with van der Waals surface area (Å²) in [6.07, 6.45) is 0. The van der Waals surface area contributed by atoms with Gasteiger partial charge in [0.25, 0.3) is 0 Å². The van der Waals surface area contributed by atoms with Gasteiger partial charge in [-0.3, -0.25) is 0 Å². The van der Waals surface area contributed by atoms with Gasteiger partial charge in [-0.05, 0) is 58.3 Å². The molecule has 0 amide bonds. The van der Waals surface area contributed by atoms with Crippen LogP contribution >= 0.6 is 0 Å². The molecule has 4 aromatic rings. The Morgan fingerprint density at radius 2 is 1.05 bits per heavy atom. The van der Waals surface area contributed by atoms with Crippen LogP contribution in [-0.2, 0) is 0 Å². The average molecular weight is 256 g/mol. The van der Waals surface area contributed by atoms with E-state index >= 15 is 0 Å². The Kier molecular flexibility index (Phi) is 2.34. The van der Waals surface area contributed by atoms with Crippen LogP contribution in [0, 0.1) is 13.8 Å². The van der Waals surface area contributed by atoms with E-state index < -0.39 is 0 Å². The summed E-state index contributed by atoms with van der Waals surface area (Å²) in [6, 6.07) is 22.4. The lowest BCUT2D eigenvalue weighted by Gasteiger charge is -2.07. The molecule has 0 heteroatoms. The van der Waals surface area contributed by atoms with Gasteiger partial charge in [-0.15, -0.1) is 0 Å². The molecule has 0 aromatic heterocycles. The number of fused-ring (bicyclic) bond motifs is 4. The van der Waals surface area contributed by atoms with Crippen molar-refractivity contribution in [2.45, 2.75) is 13.8 Å². The van der Waals surface area contributed by atoms with Crippen molar-refractivity contribution in [3.05, 3.63) is 71.8 Å². The Labute approximate surface area is 118 Å². The molecule has 0 radical (unpaired) electrons. The van der Waals surface area contributed by atoms with Gasteiger partial charge in [-0.1, -0.05) is 59.7 Å². The molecular weight excluding hydrogens is 240 g/mol. The van der Waals surface area contributed by atoms with Gasteiger partial charge in [0.15, 0.2) is 0 Å². The maximum absolute atomic E-state index is 2.32. The minimum Gasteiger partial charge on any atom is -0.0587 e. The molecule has 0 aliphatic carbocycles. The second-order valence-electron chi connectivity index (χ2n) is 5.71. The third kappa shape index (κ3) is 1.69. The van der Waals surface area contributed by atoms with E-state index in [9.17, 15) is 0 Å². The lowest BCUT2D eigenvalue weighted by molar-refractivity contribution is 1.51. The molecule has 0 aliphatic rings. The number of hydrogen-bond donors (Lipinski definition) is 0. The Morgan fingerprint density at radius 3 is 1.85 bits per heavy atom. The quantitative estimate of drug-likeness (QED) is 0.277. The standard InChI is InChI=1S/C20H16/c1-13-3-5-15-12-20-17(11-18(15)10-13)7-6-16-9-14(2)4-8-19(16)20/h3-12H,1-2H3. The molecule has 0 aliphatic heterocycles. The molecule has 0 saturated heterocycles. The first kappa shape index (κ1) is 11.5. The van der Waals surface area contributed by atoms with Crippen LogP contribution in [0.5, 0.6) is 0 Å². The predicted octanol–water partition coefficient (Wildman–Crippen LogP) is 5.76. The Hall–Kier alpha value is -2.34. The monoisotopic (exact) mass is 256 g/mol. The van der Waals surface area contributed by atoms with E-state index in [-0.39, 0.29) is 0 Å². The summed E-state index contributed by atoms with van der Waals surface area (Å²) < 4.78 is 0. The minimum absolute atomic E-state index is 1.31. The summed E-state index contributed by atoms with van der Waals surface area (Å²) in [6.45, 7) is 4.29. The maximum atomic E-state index is 2.32. The molecule has 4 aromatic carbocycles. The first-order valence-electron chi connectivity index (χ1n) is 7.04. The molecule has 0 spiro atoms. The zero-order valence-corrected chi connectivity index (χ0v) is 11.8. The van der Waals surface area contributed by atoms with Crippen molar-refractivity contribution in [2.24, 2.45) is 0 Å². The van der Waals surface area contributed by atoms with Gasteiger partial charge in [-0.2, -0.15) is 0 Å². The fourth-order valence-corrected chi connectivity index (χ4v) is 3.05. The normalized spacial score (nSPS) is 11.5. The van der Waals surface area contributed by atoms with Crippen molar-refractivity contribution in [1.29, 1.82) is 0 Å². The summed E-state index contributed by atoms with van der Waals surface area (Å²) >= 11 is 0. The topological polar surface area (TPSA) is 0 Å². The highest BCUT2D eigenvalue weighted by Crippen LogP contribution is 2.30. The van der Waals surface area contributed by atoms with Crippen LogP contribution in [0.1, 0.15) is 11.1 Å². The Bertz CT molecular complexity index is 953. The number of hydrogen-bond acceptors (Lipinski definition) is 0. The molecule has 0 nitrogen and oxygen atoms in total. The minimum atomic E-state index is 1.31. The van der Waals surface area contributed by atoms with E-state index in [2.05, 4.69) is 74.5 Å². The van der Waals surface area contributed by atoms with Crippen LogP contribution in [-0.4, -0.2) is 0 Å². The van der Waals surface area contributed by atoms with Gasteiger partial charge in [0.1, 0.15) is 0 Å². The highest BCUT2D eigenvalue weighted by molar-refractivity contribution is 6.12. The van der Waals surface area contributed by atoms with Gasteiger partial charge in [0.05, 0.1) is 0 Å². The average Bonchev–Trinajstić information content (AvgIpc) is 2.44. The third-order valence-corrected chi connectivity index (χ3v) is 4.10. The number of rotatable bonds is 0. The van der Waals surface area contributed by atoms with Crippen LogP contribution in [0.15, 0.2) is 60.7 Å². The summed E-state index contributed by atoms with van der Waals surface area (Å²) in [7, 11) is 0. The van der Waals surface area contributed by atoms with Crippen molar-refractivity contribution in [1.82, 2.24) is 0 Å². The first-order chi connectivity index (χ1) is 9.70. The second-order valence-corrected chi connectivity index (χ2v) is 5.71. The van der Waals surface area contributed by atoms with Gasteiger partial charge in [0.2, 0.25) is 0 Å². The summed E-state index contributed by atoms with van der Waals surface area (Å²) in [5, 5.41) is 7.97. The fraction of sp³-hybridized carbons (Fsp3) is 0.100. The first-order valence-corrected chi connectivity index (χ1v) is 7.04. The summed E-state index contributed by atoms with van der Waals surface area (Å²) in [4.78, 5) is 0. The van der Waals surface area contributed by atoms with E-state index in [0.717, 1.165) is 0 Å². The van der Waals surface area contributed by atoms with E-state index in [0.29, 0.717) is 0 Å². The lowest BCUT2D eigenvalue weighted by atomic mass is 9.97. The van der Waals surface area contributed by atoms with Crippen LogP contribution in [0.2, 0.25) is 0 Å². The van der Waals surface area contributed by atoms with Gasteiger partial charge in [-0.25, -0.2) is 0 Å². The fourth-order valence-electron chi connectivity index (χ4n) is 3.05. The van der Waals surface area contributed by atoms with Crippen LogP contribution in [0.4, 0.5) is 0 Å². The maximum Gasteiger partial charge on any atom is -0.00990 e. The van der Waals surface area contributed by atoms with Crippen LogP contribution < -0.4 is 0 Å². The molecule has 96 valence electrons. The zero-order valence-electron chi connectivity index (χ0n) is 11.8. The van der Waals surface area contributed by atoms with Crippen LogP contribution in [0.25, 0.3) is 32.3 Å². The zero-order chi connectivity index (χ0) is 13.7. The third-order valence-electron chi connectivity index (χ3n) is 4.10. The van der Waals surface area contributed by atoms with E-state index in [1.807, 2.05) is 0 Å². The van der Waals surface area contributed by atoms with Crippen molar-refractivity contribution < 1.29 is 0 Å². The summed E-state index contributed by atoms with van der Waals surface area (Å²) in [5.41, 5.74) is 2.63. The highest BCUT2D eigenvalue weighted by Gasteiger charge is 2.03. The molecule has 0 unspecified atom stereocenters. The van der Waals surface area contributed by atoms with Gasteiger partial charge < -0.3 is 0 Å². The smallest absolute Gasteiger partial charge is 0.00990 e. The lowest BCUT2D eigenvalue weighted by Crippen LogP contribution is -1.82. The van der Waals surface area contributed by atoms with Crippen molar-refractivity contribution in [3.8, 4) is 0 Å². The van der Waals surface area contributed by atoms with Crippen molar-refractivity contribution in [3.63, 3.8) is 0 Å². The SMILES string of the molecule is Cc1ccc2cc3c(ccc4cc(C)ccc43)cc2c1. The van der Waals surface area contributed by atoms with Crippen molar-refractivity contribution >= 4 is 32.3 Å². The largest absolute Gasteiger partial charge is 0.0587 e. The second kappa shape index (κ2) is 4.08. The predicted molar refractivity (Wildman–Crippen MR) is 88.4 cm³/mol. The number of aryl methyl sites for hydroxylation is 2. The molecule has 0 bridgehead atoms. The van der Waals surface area contributed by atoms with E-state index in [1.54, 1.807) is 0 Å². The Balaban J connectivity index is 2.18. The van der Waals surface area contributed by atoms with Gasteiger partial charge in [0, 0.05) is 0 Å². The van der Waals surface area contributed by atoms with E-state index in [4.69, 9.17) is 0 Å². The molecule has 0 atom stereocenters. The molecule has 0 N–H and O–H groups in total. The molecule has 0 fully saturated rings. The molecule has 4 rings (SSSR count).